The third kappa shape index (κ3) is 5.34. The second-order valence-corrected chi connectivity index (χ2v) is 8.63. The number of anilines is 1. The predicted molar refractivity (Wildman–Crippen MR) is 123 cm³/mol. The smallest absolute Gasteiger partial charge is 0.251 e. The standard InChI is InChI=1S/C25H30N4O3/c1-18(28-11-13-29(14-12-28)22-5-3-2-4-6-22)17-26-24(31)20-9-7-19(8-10-20)15-21-16-23(30)27-25(21)32/h2-10,18,21H,11-17H2,1H3,(H,26,31)(H,27,30,32)/t18-,21+/m1/s1. The molecule has 2 saturated heterocycles. The van der Waals surface area contributed by atoms with Crippen molar-refractivity contribution in [2.45, 2.75) is 25.8 Å². The Bertz CT molecular complexity index is 953. The van der Waals surface area contributed by atoms with E-state index in [9.17, 15) is 14.4 Å². The summed E-state index contributed by atoms with van der Waals surface area (Å²) >= 11 is 0. The number of nitrogens with one attached hydrogen (secondary N) is 2. The zero-order chi connectivity index (χ0) is 22.5. The molecule has 0 saturated carbocycles. The highest BCUT2D eigenvalue weighted by atomic mass is 16.2. The van der Waals surface area contributed by atoms with Crippen LogP contribution in [0.4, 0.5) is 5.69 Å². The molecule has 0 aliphatic carbocycles. The number of carbonyl (C=O) groups excluding carboxylic acids is 3. The first-order chi connectivity index (χ1) is 15.5. The van der Waals surface area contributed by atoms with Crippen LogP contribution in [0.2, 0.25) is 0 Å². The number of rotatable bonds is 7. The van der Waals surface area contributed by atoms with Crippen LogP contribution in [0.25, 0.3) is 0 Å². The van der Waals surface area contributed by atoms with Gasteiger partial charge in [0.1, 0.15) is 0 Å². The normalized spacial score (nSPS) is 20.2. The van der Waals surface area contributed by atoms with Crippen LogP contribution in [-0.2, 0) is 16.0 Å². The van der Waals surface area contributed by atoms with E-state index in [1.165, 1.54) is 5.69 Å². The molecular weight excluding hydrogens is 404 g/mol. The Hall–Kier alpha value is -3.19. The number of hydrogen-bond donors (Lipinski definition) is 2. The zero-order valence-corrected chi connectivity index (χ0v) is 18.4. The number of hydrogen-bond acceptors (Lipinski definition) is 5. The van der Waals surface area contributed by atoms with Gasteiger partial charge in [0.15, 0.2) is 0 Å². The van der Waals surface area contributed by atoms with E-state index in [0.717, 1.165) is 31.7 Å². The Balaban J connectivity index is 1.22. The molecule has 2 aliphatic rings. The lowest BCUT2D eigenvalue weighted by atomic mass is 9.97. The van der Waals surface area contributed by atoms with E-state index in [0.29, 0.717) is 18.5 Å². The first-order valence-electron chi connectivity index (χ1n) is 11.2. The highest BCUT2D eigenvalue weighted by Crippen LogP contribution is 2.18. The van der Waals surface area contributed by atoms with Crippen molar-refractivity contribution >= 4 is 23.4 Å². The van der Waals surface area contributed by atoms with Gasteiger partial charge >= 0.3 is 0 Å². The molecule has 2 aromatic carbocycles. The minimum Gasteiger partial charge on any atom is -0.369 e. The van der Waals surface area contributed by atoms with Gasteiger partial charge in [-0.1, -0.05) is 30.3 Å². The molecule has 2 aliphatic heterocycles. The monoisotopic (exact) mass is 434 g/mol. The first kappa shape index (κ1) is 22.0. The predicted octanol–water partition coefficient (Wildman–Crippen LogP) is 1.83. The van der Waals surface area contributed by atoms with Crippen molar-refractivity contribution in [3.63, 3.8) is 0 Å². The molecule has 2 N–H and O–H groups in total. The molecule has 0 radical (unpaired) electrons. The molecule has 2 atom stereocenters. The summed E-state index contributed by atoms with van der Waals surface area (Å²) in [4.78, 5) is 40.4. The molecule has 2 aromatic rings. The molecule has 3 amide bonds. The van der Waals surface area contributed by atoms with Crippen LogP contribution in [0.5, 0.6) is 0 Å². The summed E-state index contributed by atoms with van der Waals surface area (Å²) in [5, 5.41) is 5.37. The fourth-order valence-electron chi connectivity index (χ4n) is 4.38. The van der Waals surface area contributed by atoms with E-state index in [1.54, 1.807) is 12.1 Å². The minimum absolute atomic E-state index is 0.0971. The summed E-state index contributed by atoms with van der Waals surface area (Å²) in [6, 6.07) is 18.0. The summed E-state index contributed by atoms with van der Waals surface area (Å²) in [6.45, 7) is 6.64. The summed E-state index contributed by atoms with van der Waals surface area (Å²) < 4.78 is 0. The highest BCUT2D eigenvalue weighted by Gasteiger charge is 2.30. The Kier molecular flexibility index (Phi) is 6.85. The molecule has 4 rings (SSSR count). The molecule has 168 valence electrons. The van der Waals surface area contributed by atoms with Gasteiger partial charge in [0.2, 0.25) is 11.8 Å². The van der Waals surface area contributed by atoms with Gasteiger partial charge in [-0.15, -0.1) is 0 Å². The number of imide groups is 1. The molecule has 32 heavy (non-hydrogen) atoms. The van der Waals surface area contributed by atoms with Crippen molar-refractivity contribution in [2.24, 2.45) is 5.92 Å². The van der Waals surface area contributed by atoms with Gasteiger partial charge in [-0.3, -0.25) is 24.6 Å². The molecule has 0 unspecified atom stereocenters. The van der Waals surface area contributed by atoms with Crippen LogP contribution in [-0.4, -0.2) is 61.4 Å². The van der Waals surface area contributed by atoms with Crippen LogP contribution >= 0.6 is 0 Å². The fourth-order valence-corrected chi connectivity index (χ4v) is 4.38. The first-order valence-corrected chi connectivity index (χ1v) is 11.2. The van der Waals surface area contributed by atoms with Crippen LogP contribution in [0.3, 0.4) is 0 Å². The molecule has 7 nitrogen and oxygen atoms in total. The van der Waals surface area contributed by atoms with Crippen molar-refractivity contribution < 1.29 is 14.4 Å². The van der Waals surface area contributed by atoms with Crippen molar-refractivity contribution in [1.82, 2.24) is 15.5 Å². The molecule has 0 aromatic heterocycles. The van der Waals surface area contributed by atoms with Gasteiger partial charge in [-0.05, 0) is 43.2 Å². The fraction of sp³-hybridized carbons (Fsp3) is 0.400. The lowest BCUT2D eigenvalue weighted by Gasteiger charge is -2.39. The van der Waals surface area contributed by atoms with E-state index < -0.39 is 0 Å². The molecule has 0 bridgehead atoms. The minimum atomic E-state index is -0.314. The quantitative estimate of drug-likeness (QED) is 0.650. The van der Waals surface area contributed by atoms with Crippen LogP contribution in [0.1, 0.15) is 29.3 Å². The van der Waals surface area contributed by atoms with Gasteiger partial charge in [-0.2, -0.15) is 0 Å². The number of carbonyl (C=O) groups is 3. The van der Waals surface area contributed by atoms with E-state index in [1.807, 2.05) is 18.2 Å². The maximum absolute atomic E-state index is 12.6. The lowest BCUT2D eigenvalue weighted by molar-refractivity contribution is -0.125. The van der Waals surface area contributed by atoms with Crippen molar-refractivity contribution in [3.05, 3.63) is 65.7 Å². The lowest BCUT2D eigenvalue weighted by Crippen LogP contribution is -2.52. The molecule has 7 heteroatoms. The highest BCUT2D eigenvalue weighted by molar-refractivity contribution is 6.03. The van der Waals surface area contributed by atoms with Crippen molar-refractivity contribution in [1.29, 1.82) is 0 Å². The van der Waals surface area contributed by atoms with E-state index in [-0.39, 0.29) is 36.1 Å². The number of nitrogens with zero attached hydrogens (tertiary/aromatic N) is 2. The third-order valence-corrected chi connectivity index (χ3v) is 6.38. The van der Waals surface area contributed by atoms with Gasteiger partial charge in [0, 0.05) is 56.4 Å². The van der Waals surface area contributed by atoms with Gasteiger partial charge < -0.3 is 10.2 Å². The number of benzene rings is 2. The molecule has 2 fully saturated rings. The average molecular weight is 435 g/mol. The Morgan fingerprint density at radius 3 is 2.34 bits per heavy atom. The van der Waals surface area contributed by atoms with E-state index >= 15 is 0 Å². The Morgan fingerprint density at radius 1 is 1.03 bits per heavy atom. The Morgan fingerprint density at radius 2 is 1.72 bits per heavy atom. The van der Waals surface area contributed by atoms with Gasteiger partial charge in [0.25, 0.3) is 5.91 Å². The van der Waals surface area contributed by atoms with Crippen molar-refractivity contribution in [2.75, 3.05) is 37.6 Å². The maximum Gasteiger partial charge on any atom is 0.251 e. The van der Waals surface area contributed by atoms with Gasteiger partial charge in [0.05, 0.1) is 5.92 Å². The number of piperazine rings is 1. The Labute approximate surface area is 188 Å². The molecular formula is C25H30N4O3. The van der Waals surface area contributed by atoms with E-state index in [2.05, 4.69) is 51.6 Å². The zero-order valence-electron chi connectivity index (χ0n) is 18.4. The summed E-state index contributed by atoms with van der Waals surface area (Å²) in [7, 11) is 0. The molecule has 0 spiro atoms. The molecule has 2 heterocycles. The summed E-state index contributed by atoms with van der Waals surface area (Å²) in [5.41, 5.74) is 2.81. The SMILES string of the molecule is C[C@H](CNC(=O)c1ccc(C[C@H]2CC(=O)NC2=O)cc1)N1CCN(c2ccccc2)CC1. The van der Waals surface area contributed by atoms with Gasteiger partial charge in [-0.25, -0.2) is 0 Å². The average Bonchev–Trinajstić information content (AvgIpc) is 3.14. The summed E-state index contributed by atoms with van der Waals surface area (Å²) in [6.07, 6.45) is 0.740. The second-order valence-electron chi connectivity index (χ2n) is 8.63. The second kappa shape index (κ2) is 9.96. The van der Waals surface area contributed by atoms with Crippen LogP contribution in [0.15, 0.2) is 54.6 Å². The summed E-state index contributed by atoms with van der Waals surface area (Å²) in [5.74, 6) is -0.840. The maximum atomic E-state index is 12.6. The number of amides is 3. The van der Waals surface area contributed by atoms with Crippen LogP contribution in [0, 0.1) is 5.92 Å². The van der Waals surface area contributed by atoms with Crippen molar-refractivity contribution in [3.8, 4) is 0 Å². The topological polar surface area (TPSA) is 81.8 Å². The third-order valence-electron chi connectivity index (χ3n) is 6.38. The van der Waals surface area contributed by atoms with E-state index in [4.69, 9.17) is 0 Å². The number of para-hydroxylation sites is 1. The van der Waals surface area contributed by atoms with Crippen LogP contribution < -0.4 is 15.5 Å². The largest absolute Gasteiger partial charge is 0.369 e.